The number of hydrogen-bond donors (Lipinski definition) is 0. The molecule has 0 aromatic heterocycles. The first-order chi connectivity index (χ1) is 15.2. The molecule has 7 heteroatoms. The summed E-state index contributed by atoms with van der Waals surface area (Å²) in [5.74, 6) is 0.817. The lowest BCUT2D eigenvalue weighted by molar-refractivity contribution is 0.0322. The third kappa shape index (κ3) is 8.45. The maximum absolute atomic E-state index is 13.7. The van der Waals surface area contributed by atoms with Crippen molar-refractivity contribution in [1.29, 1.82) is 0 Å². The first kappa shape index (κ1) is 23.5. The van der Waals surface area contributed by atoms with E-state index in [1.54, 1.807) is 25.3 Å². The molecule has 31 heavy (non-hydrogen) atoms. The van der Waals surface area contributed by atoms with Crippen LogP contribution in [0, 0.1) is 5.82 Å². The summed E-state index contributed by atoms with van der Waals surface area (Å²) in [5.41, 5.74) is 1.16. The van der Waals surface area contributed by atoms with Crippen molar-refractivity contribution < 1.29 is 23.3 Å². The zero-order valence-electron chi connectivity index (χ0n) is 18.3. The number of para-hydroxylation sites is 1. The number of halogens is 1. The van der Waals surface area contributed by atoms with Crippen molar-refractivity contribution >= 4 is 0 Å². The third-order valence-electron chi connectivity index (χ3n) is 5.20. The highest BCUT2D eigenvalue weighted by molar-refractivity contribution is 5.28. The molecule has 0 unspecified atom stereocenters. The molecule has 1 aliphatic rings. The van der Waals surface area contributed by atoms with Gasteiger partial charge in [0.25, 0.3) is 0 Å². The summed E-state index contributed by atoms with van der Waals surface area (Å²) in [6, 6.07) is 14.7. The molecule has 3 rings (SSSR count). The van der Waals surface area contributed by atoms with Crippen molar-refractivity contribution in [2.45, 2.75) is 6.54 Å². The van der Waals surface area contributed by atoms with Gasteiger partial charge in [0, 0.05) is 46.4 Å². The van der Waals surface area contributed by atoms with E-state index in [-0.39, 0.29) is 11.6 Å². The Morgan fingerprint density at radius 1 is 0.968 bits per heavy atom. The second kappa shape index (κ2) is 13.3. The SMILES string of the molecule is COCCN(CCOc1ccccc1F)Cc1cccc(OCCN2CCOCC2)c1. The summed E-state index contributed by atoms with van der Waals surface area (Å²) in [4.78, 5) is 4.59. The lowest BCUT2D eigenvalue weighted by Gasteiger charge is -2.26. The van der Waals surface area contributed by atoms with Crippen LogP contribution in [0.4, 0.5) is 4.39 Å². The van der Waals surface area contributed by atoms with Crippen LogP contribution < -0.4 is 9.47 Å². The number of nitrogens with zero attached hydrogens (tertiary/aromatic N) is 2. The Kier molecular flexibility index (Phi) is 10.0. The van der Waals surface area contributed by atoms with Crippen molar-refractivity contribution in [3.05, 3.63) is 59.9 Å². The molecular weight excluding hydrogens is 399 g/mol. The lowest BCUT2D eigenvalue weighted by Crippen LogP contribution is -2.38. The number of hydrogen-bond acceptors (Lipinski definition) is 6. The molecular formula is C24H33FN2O4. The van der Waals surface area contributed by atoms with E-state index in [1.165, 1.54) is 6.07 Å². The number of morpholine rings is 1. The van der Waals surface area contributed by atoms with E-state index in [2.05, 4.69) is 21.9 Å². The summed E-state index contributed by atoms with van der Waals surface area (Å²) in [5, 5.41) is 0. The van der Waals surface area contributed by atoms with Gasteiger partial charge in [-0.15, -0.1) is 0 Å². The van der Waals surface area contributed by atoms with Gasteiger partial charge in [0.05, 0.1) is 19.8 Å². The van der Waals surface area contributed by atoms with Gasteiger partial charge in [0.1, 0.15) is 19.0 Å². The van der Waals surface area contributed by atoms with Gasteiger partial charge in [0.15, 0.2) is 11.6 Å². The smallest absolute Gasteiger partial charge is 0.165 e. The molecule has 0 radical (unpaired) electrons. The van der Waals surface area contributed by atoms with Crippen molar-refractivity contribution in [2.24, 2.45) is 0 Å². The van der Waals surface area contributed by atoms with Crippen LogP contribution in [0.3, 0.4) is 0 Å². The highest BCUT2D eigenvalue weighted by atomic mass is 19.1. The predicted molar refractivity (Wildman–Crippen MR) is 118 cm³/mol. The molecule has 0 aliphatic carbocycles. The Morgan fingerprint density at radius 3 is 2.58 bits per heavy atom. The summed E-state index contributed by atoms with van der Waals surface area (Å²) >= 11 is 0. The van der Waals surface area contributed by atoms with Crippen LogP contribution in [0.25, 0.3) is 0 Å². The molecule has 0 atom stereocenters. The minimum Gasteiger partial charge on any atom is -0.492 e. The number of benzene rings is 2. The zero-order valence-corrected chi connectivity index (χ0v) is 18.3. The number of ether oxygens (including phenoxy) is 4. The van der Waals surface area contributed by atoms with Crippen LogP contribution in [-0.4, -0.2) is 82.7 Å². The standard InChI is InChI=1S/C24H33FN2O4/c1-28-14-9-27(13-18-31-24-8-3-2-7-23(24)25)20-21-5-4-6-22(19-21)30-17-12-26-10-15-29-16-11-26/h2-8,19H,9-18,20H2,1H3. The van der Waals surface area contributed by atoms with Crippen molar-refractivity contribution in [2.75, 3.05) is 72.9 Å². The minimum absolute atomic E-state index is 0.282. The van der Waals surface area contributed by atoms with Crippen molar-refractivity contribution in [3.8, 4) is 11.5 Å². The van der Waals surface area contributed by atoms with Gasteiger partial charge in [-0.05, 0) is 29.8 Å². The van der Waals surface area contributed by atoms with Gasteiger partial charge in [0.2, 0.25) is 0 Å². The predicted octanol–water partition coefficient (Wildman–Crippen LogP) is 3.06. The second-order valence-corrected chi connectivity index (χ2v) is 7.50. The van der Waals surface area contributed by atoms with Gasteiger partial charge < -0.3 is 18.9 Å². The van der Waals surface area contributed by atoms with Crippen LogP contribution in [-0.2, 0) is 16.0 Å². The Hall–Kier alpha value is -2.19. The molecule has 0 amide bonds. The quantitative estimate of drug-likeness (QED) is 0.485. The molecule has 1 aliphatic heterocycles. The van der Waals surface area contributed by atoms with Crippen molar-refractivity contribution in [3.63, 3.8) is 0 Å². The molecule has 1 fully saturated rings. The van der Waals surface area contributed by atoms with E-state index in [0.29, 0.717) is 26.4 Å². The average Bonchev–Trinajstić information content (AvgIpc) is 2.79. The highest BCUT2D eigenvalue weighted by Gasteiger charge is 2.11. The zero-order chi connectivity index (χ0) is 21.7. The molecule has 170 valence electrons. The fourth-order valence-corrected chi connectivity index (χ4v) is 3.45. The maximum atomic E-state index is 13.7. The Bertz CT molecular complexity index is 771. The topological polar surface area (TPSA) is 43.4 Å². The Morgan fingerprint density at radius 2 is 1.77 bits per heavy atom. The van der Waals surface area contributed by atoms with E-state index in [0.717, 1.165) is 57.3 Å². The molecule has 1 heterocycles. The van der Waals surface area contributed by atoms with Gasteiger partial charge in [-0.2, -0.15) is 0 Å². The van der Waals surface area contributed by atoms with E-state index in [1.807, 2.05) is 12.1 Å². The molecule has 2 aromatic carbocycles. The Labute approximate surface area is 184 Å². The molecule has 0 saturated carbocycles. The van der Waals surface area contributed by atoms with Gasteiger partial charge in [-0.3, -0.25) is 9.80 Å². The highest BCUT2D eigenvalue weighted by Crippen LogP contribution is 2.17. The maximum Gasteiger partial charge on any atom is 0.165 e. The normalized spacial score (nSPS) is 14.7. The molecule has 2 aromatic rings. The molecule has 1 saturated heterocycles. The van der Waals surface area contributed by atoms with E-state index >= 15 is 0 Å². The van der Waals surface area contributed by atoms with Crippen LogP contribution in [0.2, 0.25) is 0 Å². The van der Waals surface area contributed by atoms with Crippen LogP contribution in [0.1, 0.15) is 5.56 Å². The third-order valence-corrected chi connectivity index (χ3v) is 5.20. The minimum atomic E-state index is -0.340. The van der Waals surface area contributed by atoms with E-state index in [4.69, 9.17) is 18.9 Å². The molecule has 0 bridgehead atoms. The summed E-state index contributed by atoms with van der Waals surface area (Å²) in [7, 11) is 1.69. The molecule has 6 nitrogen and oxygen atoms in total. The van der Waals surface area contributed by atoms with Crippen molar-refractivity contribution in [1.82, 2.24) is 9.80 Å². The van der Waals surface area contributed by atoms with Gasteiger partial charge >= 0.3 is 0 Å². The van der Waals surface area contributed by atoms with Crippen LogP contribution >= 0.6 is 0 Å². The lowest BCUT2D eigenvalue weighted by atomic mass is 10.2. The van der Waals surface area contributed by atoms with Crippen LogP contribution in [0.15, 0.2) is 48.5 Å². The summed E-state index contributed by atoms with van der Waals surface area (Å²) in [6.07, 6.45) is 0. The monoisotopic (exact) mass is 432 g/mol. The largest absolute Gasteiger partial charge is 0.492 e. The summed E-state index contributed by atoms with van der Waals surface area (Å²) < 4.78 is 36.0. The molecule has 0 spiro atoms. The number of methoxy groups -OCH3 is 1. The summed E-state index contributed by atoms with van der Waals surface area (Å²) in [6.45, 7) is 8.29. The van der Waals surface area contributed by atoms with Gasteiger partial charge in [-0.1, -0.05) is 24.3 Å². The van der Waals surface area contributed by atoms with E-state index < -0.39 is 0 Å². The Balaban J connectivity index is 1.47. The molecule has 0 N–H and O–H groups in total. The fraction of sp³-hybridized carbons (Fsp3) is 0.500. The average molecular weight is 433 g/mol. The fourth-order valence-electron chi connectivity index (χ4n) is 3.45. The first-order valence-corrected chi connectivity index (χ1v) is 10.8. The second-order valence-electron chi connectivity index (χ2n) is 7.50. The van der Waals surface area contributed by atoms with Crippen LogP contribution in [0.5, 0.6) is 11.5 Å². The van der Waals surface area contributed by atoms with E-state index in [9.17, 15) is 4.39 Å². The number of rotatable bonds is 13. The first-order valence-electron chi connectivity index (χ1n) is 10.8. The van der Waals surface area contributed by atoms with Gasteiger partial charge in [-0.25, -0.2) is 4.39 Å².